The summed E-state index contributed by atoms with van der Waals surface area (Å²) in [5.74, 6) is -0.878. The van der Waals surface area contributed by atoms with Crippen molar-refractivity contribution in [2.24, 2.45) is 0 Å². The molecule has 0 unspecified atom stereocenters. The highest BCUT2D eigenvalue weighted by molar-refractivity contribution is 5.96. The highest BCUT2D eigenvalue weighted by Gasteiger charge is 2.40. The Morgan fingerprint density at radius 1 is 1.00 bits per heavy atom. The lowest BCUT2D eigenvalue weighted by molar-refractivity contribution is -0.120. The second kappa shape index (κ2) is 11.8. The van der Waals surface area contributed by atoms with Gasteiger partial charge in [-0.15, -0.1) is 0 Å². The number of halogens is 2. The minimum atomic E-state index is -1.40. The molecule has 1 heterocycles. The second-order valence-electron chi connectivity index (χ2n) is 9.92. The Kier molecular flexibility index (Phi) is 8.53. The van der Waals surface area contributed by atoms with Gasteiger partial charge in [-0.2, -0.15) is 0 Å². The third-order valence-corrected chi connectivity index (χ3v) is 7.49. The van der Waals surface area contributed by atoms with Crippen molar-refractivity contribution in [3.63, 3.8) is 0 Å². The van der Waals surface area contributed by atoms with Gasteiger partial charge in [0.05, 0.1) is 6.54 Å². The van der Waals surface area contributed by atoms with Crippen molar-refractivity contribution in [1.29, 1.82) is 0 Å². The van der Waals surface area contributed by atoms with E-state index in [1.165, 1.54) is 6.07 Å². The van der Waals surface area contributed by atoms with E-state index in [4.69, 9.17) is 0 Å². The molecular formula is C28H34F2N4O3. The normalized spacial score (nSPS) is 23.9. The Morgan fingerprint density at radius 2 is 1.73 bits per heavy atom. The van der Waals surface area contributed by atoms with Crippen LogP contribution >= 0.6 is 0 Å². The third-order valence-electron chi connectivity index (χ3n) is 7.49. The lowest BCUT2D eigenvalue weighted by Crippen LogP contribution is -2.45. The molecule has 1 aliphatic heterocycles. The molecule has 0 bridgehead atoms. The van der Waals surface area contributed by atoms with Crippen LogP contribution in [0.5, 0.6) is 0 Å². The molecule has 198 valence electrons. The summed E-state index contributed by atoms with van der Waals surface area (Å²) in [6, 6.07) is 13.3. The van der Waals surface area contributed by atoms with Gasteiger partial charge in [0.2, 0.25) is 5.91 Å². The molecule has 2 fully saturated rings. The van der Waals surface area contributed by atoms with Crippen LogP contribution in [0.1, 0.15) is 63.9 Å². The van der Waals surface area contributed by atoms with Crippen LogP contribution in [0, 0.1) is 0 Å². The van der Waals surface area contributed by atoms with E-state index in [0.717, 1.165) is 25.8 Å². The van der Waals surface area contributed by atoms with Gasteiger partial charge in [-0.3, -0.25) is 19.3 Å². The predicted octanol–water partition coefficient (Wildman–Crippen LogP) is 3.24. The van der Waals surface area contributed by atoms with E-state index in [1.807, 2.05) is 0 Å². The Labute approximate surface area is 216 Å². The number of carbonyl (C=O) groups is 3. The molecule has 0 spiro atoms. The van der Waals surface area contributed by atoms with Gasteiger partial charge in [0.25, 0.3) is 11.8 Å². The fourth-order valence-electron chi connectivity index (χ4n) is 5.35. The molecule has 37 heavy (non-hydrogen) atoms. The number of amides is 3. The van der Waals surface area contributed by atoms with Crippen molar-refractivity contribution in [2.45, 2.75) is 56.5 Å². The second-order valence-corrected chi connectivity index (χ2v) is 9.92. The van der Waals surface area contributed by atoms with Crippen LogP contribution in [-0.4, -0.2) is 61.4 Å². The first-order valence-corrected chi connectivity index (χ1v) is 12.8. The van der Waals surface area contributed by atoms with E-state index in [2.05, 4.69) is 20.9 Å². The number of benzene rings is 2. The van der Waals surface area contributed by atoms with Gasteiger partial charge in [-0.05, 0) is 67.5 Å². The molecule has 2 aliphatic rings. The van der Waals surface area contributed by atoms with Crippen LogP contribution in [0.2, 0.25) is 0 Å². The fraction of sp³-hybridized carbons (Fsp3) is 0.464. The summed E-state index contributed by atoms with van der Waals surface area (Å²) in [5.41, 5.74) is 0.462. The SMILES string of the molecule is CNC(=O)c1ccc(C2(F)CCC(N3CC[C@@H](NC(=O)CNC(=O)c4cccc(CF)c4)C3)CC2)cc1. The van der Waals surface area contributed by atoms with Gasteiger partial charge in [0.1, 0.15) is 12.3 Å². The monoisotopic (exact) mass is 512 g/mol. The molecule has 3 N–H and O–H groups in total. The third kappa shape index (κ3) is 6.52. The summed E-state index contributed by atoms with van der Waals surface area (Å²) in [6.07, 6.45) is 3.08. The maximum absolute atomic E-state index is 15.7. The van der Waals surface area contributed by atoms with E-state index in [0.29, 0.717) is 41.6 Å². The van der Waals surface area contributed by atoms with Crippen molar-refractivity contribution in [1.82, 2.24) is 20.9 Å². The number of carbonyl (C=O) groups excluding carboxylic acids is 3. The first-order valence-electron chi connectivity index (χ1n) is 12.8. The summed E-state index contributed by atoms with van der Waals surface area (Å²) in [4.78, 5) is 38.7. The highest BCUT2D eigenvalue weighted by atomic mass is 19.1. The summed E-state index contributed by atoms with van der Waals surface area (Å²) in [5, 5.41) is 8.13. The molecule has 3 amide bonds. The van der Waals surface area contributed by atoms with Crippen LogP contribution in [0.25, 0.3) is 0 Å². The minimum Gasteiger partial charge on any atom is -0.355 e. The van der Waals surface area contributed by atoms with E-state index >= 15 is 4.39 Å². The first kappa shape index (κ1) is 26.7. The summed E-state index contributed by atoms with van der Waals surface area (Å²) < 4.78 is 28.5. The standard InChI is InChI=1S/C28H34F2N4O3/c1-31-26(36)20-5-7-22(8-6-20)28(30)12-9-24(10-13-28)34-14-11-23(18-34)33-25(35)17-32-27(37)21-4-2-3-19(15-21)16-29/h2-8,15,23-24H,9-14,16-18H2,1H3,(H,31,36)(H,32,37)(H,33,35)/t23-,24?,28?/m1/s1. The predicted molar refractivity (Wildman–Crippen MR) is 137 cm³/mol. The highest BCUT2D eigenvalue weighted by Crippen LogP contribution is 2.42. The summed E-state index contributed by atoms with van der Waals surface area (Å²) in [7, 11) is 1.57. The summed E-state index contributed by atoms with van der Waals surface area (Å²) in [6.45, 7) is 0.724. The van der Waals surface area contributed by atoms with Crippen molar-refractivity contribution in [2.75, 3.05) is 26.7 Å². The summed E-state index contributed by atoms with van der Waals surface area (Å²) >= 11 is 0. The maximum Gasteiger partial charge on any atom is 0.251 e. The lowest BCUT2D eigenvalue weighted by Gasteiger charge is -2.38. The number of rotatable bonds is 8. The molecule has 0 aromatic heterocycles. The molecule has 7 nitrogen and oxygen atoms in total. The zero-order chi connectivity index (χ0) is 26.4. The zero-order valence-corrected chi connectivity index (χ0v) is 21.1. The van der Waals surface area contributed by atoms with Gasteiger partial charge >= 0.3 is 0 Å². The molecule has 4 rings (SSSR count). The lowest BCUT2D eigenvalue weighted by atomic mass is 9.78. The van der Waals surface area contributed by atoms with E-state index < -0.39 is 18.3 Å². The maximum atomic E-state index is 15.7. The zero-order valence-electron chi connectivity index (χ0n) is 21.1. The Morgan fingerprint density at radius 3 is 2.41 bits per heavy atom. The molecular weight excluding hydrogens is 478 g/mol. The number of likely N-dealkylation sites (tertiary alicyclic amines) is 1. The molecule has 0 radical (unpaired) electrons. The molecule has 1 saturated carbocycles. The average molecular weight is 513 g/mol. The Balaban J connectivity index is 1.21. The molecule has 1 atom stereocenters. The largest absolute Gasteiger partial charge is 0.355 e. The van der Waals surface area contributed by atoms with Crippen molar-refractivity contribution in [3.8, 4) is 0 Å². The van der Waals surface area contributed by atoms with Crippen LogP contribution in [0.15, 0.2) is 48.5 Å². The van der Waals surface area contributed by atoms with Gasteiger partial charge in [0, 0.05) is 43.3 Å². The molecule has 9 heteroatoms. The number of alkyl halides is 2. The Hall–Kier alpha value is -3.33. The van der Waals surface area contributed by atoms with Crippen LogP contribution in [-0.2, 0) is 17.1 Å². The van der Waals surface area contributed by atoms with Gasteiger partial charge in [-0.1, -0.05) is 24.3 Å². The minimum absolute atomic E-state index is 0.0198. The van der Waals surface area contributed by atoms with Crippen molar-refractivity contribution >= 4 is 17.7 Å². The molecule has 1 saturated heterocycles. The van der Waals surface area contributed by atoms with Gasteiger partial charge < -0.3 is 16.0 Å². The van der Waals surface area contributed by atoms with Gasteiger partial charge in [0.15, 0.2) is 0 Å². The quantitative estimate of drug-likeness (QED) is 0.507. The van der Waals surface area contributed by atoms with Crippen molar-refractivity contribution in [3.05, 3.63) is 70.8 Å². The van der Waals surface area contributed by atoms with E-state index in [-0.39, 0.29) is 30.4 Å². The fourth-order valence-corrected chi connectivity index (χ4v) is 5.35. The number of nitrogens with zero attached hydrogens (tertiary/aromatic N) is 1. The van der Waals surface area contributed by atoms with Gasteiger partial charge in [-0.25, -0.2) is 8.78 Å². The first-order chi connectivity index (χ1) is 17.8. The van der Waals surface area contributed by atoms with Crippen molar-refractivity contribution < 1.29 is 23.2 Å². The molecule has 2 aromatic carbocycles. The van der Waals surface area contributed by atoms with Crippen LogP contribution < -0.4 is 16.0 Å². The average Bonchev–Trinajstić information content (AvgIpc) is 3.40. The van der Waals surface area contributed by atoms with E-state index in [9.17, 15) is 18.8 Å². The number of nitrogens with one attached hydrogen (secondary N) is 3. The van der Waals surface area contributed by atoms with E-state index in [1.54, 1.807) is 49.5 Å². The van der Waals surface area contributed by atoms with Crippen LogP contribution in [0.3, 0.4) is 0 Å². The number of hydrogen-bond donors (Lipinski definition) is 3. The molecule has 1 aliphatic carbocycles. The topological polar surface area (TPSA) is 90.5 Å². The number of hydrogen-bond acceptors (Lipinski definition) is 4. The smallest absolute Gasteiger partial charge is 0.251 e. The van der Waals surface area contributed by atoms with Crippen LogP contribution in [0.4, 0.5) is 8.78 Å². The Bertz CT molecular complexity index is 1120. The molecule has 2 aromatic rings.